The average molecular weight is 292 g/mol. The van der Waals surface area contributed by atoms with E-state index < -0.39 is 0 Å². The van der Waals surface area contributed by atoms with E-state index in [1.54, 1.807) is 19.2 Å². The van der Waals surface area contributed by atoms with Crippen molar-refractivity contribution in [2.24, 2.45) is 0 Å². The molecular formula is C14H20N4O3. The Morgan fingerprint density at radius 1 is 1.38 bits per heavy atom. The smallest absolute Gasteiger partial charge is 0.315 e. The fourth-order valence-electron chi connectivity index (χ4n) is 2.73. The molecule has 1 aromatic rings. The Morgan fingerprint density at radius 3 is 2.57 bits per heavy atom. The number of nitrogens with one attached hydrogen (secondary N) is 2. The Labute approximate surface area is 123 Å². The van der Waals surface area contributed by atoms with Crippen molar-refractivity contribution in [1.29, 1.82) is 0 Å². The number of rotatable bonds is 4. The van der Waals surface area contributed by atoms with Crippen molar-refractivity contribution in [3.05, 3.63) is 28.3 Å². The molecule has 1 fully saturated rings. The molecule has 21 heavy (non-hydrogen) atoms. The minimum atomic E-state index is -0.346. The summed E-state index contributed by atoms with van der Waals surface area (Å²) in [4.78, 5) is 24.1. The van der Waals surface area contributed by atoms with Gasteiger partial charge in [-0.3, -0.25) is 14.9 Å². The SMILES string of the molecule is CNc1cccc(N2CCC(NC(C)=O)CC2)c1[N+](=O)[O-]. The summed E-state index contributed by atoms with van der Waals surface area (Å²) >= 11 is 0. The van der Waals surface area contributed by atoms with E-state index in [2.05, 4.69) is 10.6 Å². The zero-order valence-corrected chi connectivity index (χ0v) is 12.3. The largest absolute Gasteiger partial charge is 0.382 e. The molecule has 0 aliphatic carbocycles. The van der Waals surface area contributed by atoms with Crippen LogP contribution in [-0.2, 0) is 4.79 Å². The van der Waals surface area contributed by atoms with Crippen molar-refractivity contribution in [1.82, 2.24) is 5.32 Å². The predicted molar refractivity (Wildman–Crippen MR) is 81.7 cm³/mol. The van der Waals surface area contributed by atoms with Crippen LogP contribution in [0.3, 0.4) is 0 Å². The quantitative estimate of drug-likeness (QED) is 0.652. The second kappa shape index (κ2) is 6.43. The van der Waals surface area contributed by atoms with Gasteiger partial charge >= 0.3 is 5.69 Å². The van der Waals surface area contributed by atoms with Crippen LogP contribution in [0.5, 0.6) is 0 Å². The molecule has 114 valence electrons. The predicted octanol–water partition coefficient (Wildman–Crippen LogP) is 1.74. The molecule has 7 nitrogen and oxygen atoms in total. The molecule has 0 saturated carbocycles. The average Bonchev–Trinajstić information content (AvgIpc) is 2.46. The third-order valence-electron chi connectivity index (χ3n) is 3.71. The van der Waals surface area contributed by atoms with Crippen molar-refractivity contribution in [2.75, 3.05) is 30.4 Å². The highest BCUT2D eigenvalue weighted by atomic mass is 16.6. The lowest BCUT2D eigenvalue weighted by Crippen LogP contribution is -2.44. The van der Waals surface area contributed by atoms with Crippen molar-refractivity contribution in [3.8, 4) is 0 Å². The number of nitrogens with zero attached hydrogens (tertiary/aromatic N) is 2. The number of nitro benzene ring substituents is 1. The number of piperidine rings is 1. The molecule has 1 aliphatic rings. The van der Waals surface area contributed by atoms with E-state index >= 15 is 0 Å². The lowest BCUT2D eigenvalue weighted by atomic mass is 10.0. The lowest BCUT2D eigenvalue weighted by Gasteiger charge is -2.33. The molecule has 2 rings (SSSR count). The number of hydrogen-bond donors (Lipinski definition) is 2. The van der Waals surface area contributed by atoms with Crippen LogP contribution in [-0.4, -0.2) is 37.0 Å². The monoisotopic (exact) mass is 292 g/mol. The number of anilines is 2. The molecule has 7 heteroatoms. The van der Waals surface area contributed by atoms with E-state index in [9.17, 15) is 14.9 Å². The van der Waals surface area contributed by atoms with Crippen molar-refractivity contribution in [3.63, 3.8) is 0 Å². The summed E-state index contributed by atoms with van der Waals surface area (Å²) in [6.45, 7) is 2.89. The van der Waals surface area contributed by atoms with Gasteiger partial charge in [0.05, 0.1) is 4.92 Å². The highest BCUT2D eigenvalue weighted by Crippen LogP contribution is 2.36. The molecule has 1 aromatic carbocycles. The first kappa shape index (κ1) is 15.1. The summed E-state index contributed by atoms with van der Waals surface area (Å²) in [5.74, 6) is -0.0309. The first-order valence-corrected chi connectivity index (χ1v) is 7.00. The maximum atomic E-state index is 11.3. The number of benzene rings is 1. The summed E-state index contributed by atoms with van der Waals surface area (Å²) < 4.78 is 0. The van der Waals surface area contributed by atoms with Gasteiger partial charge in [0.15, 0.2) is 0 Å². The van der Waals surface area contributed by atoms with Gasteiger partial charge in [0.1, 0.15) is 11.4 Å². The first-order chi connectivity index (χ1) is 10.0. The molecule has 0 radical (unpaired) electrons. The van der Waals surface area contributed by atoms with Gasteiger partial charge < -0.3 is 15.5 Å². The van der Waals surface area contributed by atoms with Crippen LogP contribution < -0.4 is 15.5 Å². The van der Waals surface area contributed by atoms with Crippen molar-refractivity contribution >= 4 is 23.0 Å². The van der Waals surface area contributed by atoms with Gasteiger partial charge in [0.25, 0.3) is 0 Å². The molecule has 0 unspecified atom stereocenters. The standard InChI is InChI=1S/C14H20N4O3/c1-10(19)16-11-6-8-17(9-7-11)13-5-3-4-12(15-2)14(13)18(20)21/h3-5,11,15H,6-9H2,1-2H3,(H,16,19). The molecule has 2 N–H and O–H groups in total. The molecular weight excluding hydrogens is 272 g/mol. The maximum Gasteiger partial charge on any atom is 0.315 e. The zero-order chi connectivity index (χ0) is 15.4. The molecule has 1 heterocycles. The Bertz CT molecular complexity index is 539. The normalized spacial score (nSPS) is 15.6. The minimum absolute atomic E-state index is 0.0309. The fourth-order valence-corrected chi connectivity index (χ4v) is 2.73. The number of carbonyl (C=O) groups is 1. The summed E-state index contributed by atoms with van der Waals surface area (Å²) in [5.41, 5.74) is 1.26. The second-order valence-electron chi connectivity index (χ2n) is 5.14. The highest BCUT2D eigenvalue weighted by Gasteiger charge is 2.27. The highest BCUT2D eigenvalue weighted by molar-refractivity contribution is 5.77. The fraction of sp³-hybridized carbons (Fsp3) is 0.500. The van der Waals surface area contributed by atoms with Crippen LogP contribution in [0.4, 0.5) is 17.1 Å². The Balaban J connectivity index is 2.17. The molecule has 0 aromatic heterocycles. The van der Waals surface area contributed by atoms with Crippen molar-refractivity contribution < 1.29 is 9.72 Å². The van der Waals surface area contributed by atoms with E-state index in [0.717, 1.165) is 12.8 Å². The van der Waals surface area contributed by atoms with Gasteiger partial charge in [-0.2, -0.15) is 0 Å². The van der Waals surface area contributed by atoms with Crippen LogP contribution in [0.2, 0.25) is 0 Å². The molecule has 1 saturated heterocycles. The third kappa shape index (κ3) is 3.42. The summed E-state index contributed by atoms with van der Waals surface area (Å²) in [6, 6.07) is 5.45. The first-order valence-electron chi connectivity index (χ1n) is 7.00. The molecule has 1 amide bonds. The van der Waals surface area contributed by atoms with Crippen LogP contribution in [0.1, 0.15) is 19.8 Å². The van der Waals surface area contributed by atoms with E-state index in [0.29, 0.717) is 24.5 Å². The van der Waals surface area contributed by atoms with Crippen LogP contribution in [0.25, 0.3) is 0 Å². The molecule has 0 bridgehead atoms. The Morgan fingerprint density at radius 2 is 2.05 bits per heavy atom. The number of amides is 1. The van der Waals surface area contributed by atoms with Gasteiger partial charge in [-0.15, -0.1) is 0 Å². The zero-order valence-electron chi connectivity index (χ0n) is 12.3. The topological polar surface area (TPSA) is 87.5 Å². The van der Waals surface area contributed by atoms with E-state index in [1.807, 2.05) is 11.0 Å². The number of para-hydroxylation sites is 1. The minimum Gasteiger partial charge on any atom is -0.382 e. The lowest BCUT2D eigenvalue weighted by molar-refractivity contribution is -0.383. The van der Waals surface area contributed by atoms with E-state index in [-0.39, 0.29) is 22.6 Å². The number of nitro groups is 1. The van der Waals surface area contributed by atoms with E-state index in [4.69, 9.17) is 0 Å². The van der Waals surface area contributed by atoms with Crippen molar-refractivity contribution in [2.45, 2.75) is 25.8 Å². The van der Waals surface area contributed by atoms with E-state index in [1.165, 1.54) is 6.92 Å². The third-order valence-corrected chi connectivity index (χ3v) is 3.71. The Kier molecular flexibility index (Phi) is 4.62. The van der Waals surface area contributed by atoms with Crippen LogP contribution in [0, 0.1) is 10.1 Å². The van der Waals surface area contributed by atoms with Gasteiger partial charge in [-0.25, -0.2) is 0 Å². The Hall–Kier alpha value is -2.31. The van der Waals surface area contributed by atoms with Crippen LogP contribution >= 0.6 is 0 Å². The summed E-state index contributed by atoms with van der Waals surface area (Å²) in [7, 11) is 1.68. The number of carbonyl (C=O) groups excluding carboxylic acids is 1. The van der Waals surface area contributed by atoms with Crippen LogP contribution in [0.15, 0.2) is 18.2 Å². The van der Waals surface area contributed by atoms with Gasteiger partial charge in [-0.1, -0.05) is 6.07 Å². The molecule has 0 atom stereocenters. The van der Waals surface area contributed by atoms with Gasteiger partial charge in [0.2, 0.25) is 5.91 Å². The molecule has 0 spiro atoms. The number of hydrogen-bond acceptors (Lipinski definition) is 5. The summed E-state index contributed by atoms with van der Waals surface area (Å²) in [6.07, 6.45) is 1.58. The van der Waals surface area contributed by atoms with Gasteiger partial charge in [-0.05, 0) is 25.0 Å². The summed E-state index contributed by atoms with van der Waals surface area (Å²) in [5, 5.41) is 17.1. The van der Waals surface area contributed by atoms with Gasteiger partial charge in [0, 0.05) is 33.1 Å². The maximum absolute atomic E-state index is 11.3. The second-order valence-corrected chi connectivity index (χ2v) is 5.14. The molecule has 1 aliphatic heterocycles.